The molecule has 4 heteroatoms. The first kappa shape index (κ1) is 23.9. The summed E-state index contributed by atoms with van der Waals surface area (Å²) in [7, 11) is 0. The molecule has 0 N–H and O–H groups in total. The number of hydrogen-bond donors (Lipinski definition) is 0. The first-order chi connectivity index (χ1) is 21.8. The highest BCUT2D eigenvalue weighted by Gasteiger charge is 2.18. The number of fused-ring (bicyclic) bond motifs is 11. The number of anilines is 3. The summed E-state index contributed by atoms with van der Waals surface area (Å²) in [5.74, 6) is 0. The van der Waals surface area contributed by atoms with E-state index in [4.69, 9.17) is 8.83 Å². The van der Waals surface area contributed by atoms with E-state index in [0.717, 1.165) is 60.9 Å². The molecule has 0 fully saturated rings. The molecule has 0 aliphatic rings. The number of furan rings is 2. The van der Waals surface area contributed by atoms with Gasteiger partial charge in [0.05, 0.1) is 0 Å². The van der Waals surface area contributed by atoms with Gasteiger partial charge < -0.3 is 13.7 Å². The van der Waals surface area contributed by atoms with Crippen molar-refractivity contribution in [2.24, 2.45) is 0 Å². The normalized spacial score (nSPS) is 12.1. The highest BCUT2D eigenvalue weighted by atomic mass is 32.1. The monoisotopic (exact) mass is 581 g/mol. The summed E-state index contributed by atoms with van der Waals surface area (Å²) in [6, 6.07) is 49.6. The Kier molecular flexibility index (Phi) is 4.87. The Balaban J connectivity index is 1.23. The van der Waals surface area contributed by atoms with E-state index in [1.54, 1.807) is 0 Å². The molecule has 0 amide bonds. The lowest BCUT2D eigenvalue weighted by atomic mass is 10.0. The molecule has 0 radical (unpaired) electrons. The lowest BCUT2D eigenvalue weighted by Gasteiger charge is -2.26. The predicted molar refractivity (Wildman–Crippen MR) is 186 cm³/mol. The van der Waals surface area contributed by atoms with E-state index < -0.39 is 0 Å². The van der Waals surface area contributed by atoms with Gasteiger partial charge in [-0.1, -0.05) is 66.7 Å². The van der Waals surface area contributed by atoms with E-state index in [1.807, 2.05) is 35.6 Å². The van der Waals surface area contributed by atoms with Crippen LogP contribution in [0.25, 0.3) is 74.8 Å². The zero-order chi connectivity index (χ0) is 28.8. The molecule has 0 bridgehead atoms. The van der Waals surface area contributed by atoms with Crippen LogP contribution in [0, 0.1) is 0 Å². The van der Waals surface area contributed by atoms with Crippen molar-refractivity contribution in [1.29, 1.82) is 0 Å². The third kappa shape index (κ3) is 3.43. The van der Waals surface area contributed by atoms with Gasteiger partial charge in [0.2, 0.25) is 0 Å². The Morgan fingerprint density at radius 1 is 0.386 bits per heavy atom. The molecule has 7 aromatic carbocycles. The highest BCUT2D eigenvalue weighted by Crippen LogP contribution is 2.44. The molecular formula is C40H23NO2S. The van der Waals surface area contributed by atoms with Crippen molar-refractivity contribution in [1.82, 2.24) is 0 Å². The number of rotatable bonds is 3. The zero-order valence-corrected chi connectivity index (χ0v) is 24.3. The van der Waals surface area contributed by atoms with Gasteiger partial charge in [0, 0.05) is 58.8 Å². The molecule has 206 valence electrons. The topological polar surface area (TPSA) is 29.5 Å². The van der Waals surface area contributed by atoms with Gasteiger partial charge in [0.25, 0.3) is 0 Å². The maximum Gasteiger partial charge on any atom is 0.136 e. The Morgan fingerprint density at radius 2 is 0.977 bits per heavy atom. The maximum absolute atomic E-state index is 6.20. The van der Waals surface area contributed by atoms with Crippen LogP contribution >= 0.6 is 11.3 Å². The number of hydrogen-bond acceptors (Lipinski definition) is 4. The molecule has 0 saturated heterocycles. The predicted octanol–water partition coefficient (Wildman–Crippen LogP) is 12.5. The molecule has 0 aliphatic heterocycles. The molecule has 0 atom stereocenters. The molecule has 3 heterocycles. The van der Waals surface area contributed by atoms with Crippen LogP contribution in [0.1, 0.15) is 0 Å². The second-order valence-corrected chi connectivity index (χ2v) is 12.4. The molecule has 44 heavy (non-hydrogen) atoms. The van der Waals surface area contributed by atoms with Crippen LogP contribution in [0.3, 0.4) is 0 Å². The summed E-state index contributed by atoms with van der Waals surface area (Å²) in [5.41, 5.74) is 6.91. The van der Waals surface area contributed by atoms with Crippen LogP contribution in [-0.2, 0) is 0 Å². The van der Waals surface area contributed by atoms with Crippen LogP contribution in [0.5, 0.6) is 0 Å². The average Bonchev–Trinajstić information content (AvgIpc) is 3.76. The molecule has 3 aromatic heterocycles. The smallest absolute Gasteiger partial charge is 0.136 e. The van der Waals surface area contributed by atoms with Crippen molar-refractivity contribution in [3.63, 3.8) is 0 Å². The molecule has 10 rings (SSSR count). The fraction of sp³-hybridized carbons (Fsp3) is 0. The van der Waals surface area contributed by atoms with E-state index in [1.165, 1.54) is 30.9 Å². The van der Waals surface area contributed by atoms with Gasteiger partial charge in [0.1, 0.15) is 22.3 Å². The minimum atomic E-state index is 0.891. The van der Waals surface area contributed by atoms with Crippen LogP contribution in [0.2, 0.25) is 0 Å². The summed E-state index contributed by atoms with van der Waals surface area (Å²) in [5, 5.41) is 9.45. The van der Waals surface area contributed by atoms with Gasteiger partial charge in [0.15, 0.2) is 0 Å². The van der Waals surface area contributed by atoms with E-state index in [-0.39, 0.29) is 0 Å². The average molecular weight is 582 g/mol. The fourth-order valence-electron chi connectivity index (χ4n) is 6.83. The Morgan fingerprint density at radius 3 is 1.86 bits per heavy atom. The summed E-state index contributed by atoms with van der Waals surface area (Å²) < 4.78 is 15.0. The molecule has 10 aromatic rings. The van der Waals surface area contributed by atoms with Crippen molar-refractivity contribution in [2.45, 2.75) is 0 Å². The van der Waals surface area contributed by atoms with Crippen LogP contribution in [-0.4, -0.2) is 0 Å². The van der Waals surface area contributed by atoms with E-state index in [9.17, 15) is 0 Å². The van der Waals surface area contributed by atoms with Crippen molar-refractivity contribution >= 4 is 103 Å². The lowest BCUT2D eigenvalue weighted by Crippen LogP contribution is -2.09. The van der Waals surface area contributed by atoms with Crippen LogP contribution in [0.4, 0.5) is 17.1 Å². The number of thiophene rings is 1. The zero-order valence-electron chi connectivity index (χ0n) is 23.5. The van der Waals surface area contributed by atoms with Gasteiger partial charge in [-0.25, -0.2) is 0 Å². The molecular weight excluding hydrogens is 559 g/mol. The van der Waals surface area contributed by atoms with Gasteiger partial charge in [-0.3, -0.25) is 0 Å². The Labute approximate surface area is 255 Å². The van der Waals surface area contributed by atoms with Crippen molar-refractivity contribution in [2.75, 3.05) is 4.90 Å². The maximum atomic E-state index is 6.20. The number of para-hydroxylation sites is 2. The summed E-state index contributed by atoms with van der Waals surface area (Å²) in [6.07, 6.45) is 0. The molecule has 0 aliphatic carbocycles. The number of benzene rings is 7. The van der Waals surface area contributed by atoms with Crippen molar-refractivity contribution < 1.29 is 8.83 Å². The second kappa shape index (κ2) is 8.96. The molecule has 0 saturated carbocycles. The van der Waals surface area contributed by atoms with Gasteiger partial charge in [-0.2, -0.15) is 0 Å². The van der Waals surface area contributed by atoms with Gasteiger partial charge >= 0.3 is 0 Å². The minimum absolute atomic E-state index is 0.891. The Hall–Kier alpha value is -5.58. The second-order valence-electron chi connectivity index (χ2n) is 11.3. The third-order valence-corrected chi connectivity index (χ3v) is 9.99. The number of nitrogens with zero attached hydrogens (tertiary/aromatic N) is 1. The van der Waals surface area contributed by atoms with Crippen molar-refractivity contribution in [3.05, 3.63) is 140 Å². The minimum Gasteiger partial charge on any atom is -0.456 e. The quantitative estimate of drug-likeness (QED) is 0.208. The molecule has 3 nitrogen and oxygen atoms in total. The largest absolute Gasteiger partial charge is 0.456 e. The SMILES string of the molecule is c1ccc2c(c1)oc1ccc(N(c3ccc4c(ccc5oc6ccccc6c54)c3)c3ccc4sc5ccccc5c4c3)cc12. The van der Waals surface area contributed by atoms with E-state index in [2.05, 4.69) is 120 Å². The molecule has 0 spiro atoms. The first-order valence-corrected chi connectivity index (χ1v) is 15.6. The lowest BCUT2D eigenvalue weighted by molar-refractivity contribution is 0.668. The van der Waals surface area contributed by atoms with Gasteiger partial charge in [-0.15, -0.1) is 11.3 Å². The van der Waals surface area contributed by atoms with Gasteiger partial charge in [-0.05, 0) is 83.6 Å². The Bertz CT molecular complexity index is 2630. The van der Waals surface area contributed by atoms with E-state index >= 15 is 0 Å². The highest BCUT2D eigenvalue weighted by molar-refractivity contribution is 7.25. The fourth-order valence-corrected chi connectivity index (χ4v) is 7.92. The standard InChI is InChI=1S/C40H23NO2S/c1-4-10-34-29(7-1)32-22-26(15-19-36(32)42-34)41(27-16-20-39-33(23-27)30-8-3-6-12-38(30)44-39)25-14-17-28-24(21-25)13-18-37-40(28)31-9-2-5-11-35(31)43-37/h1-23H. The van der Waals surface area contributed by atoms with Crippen LogP contribution < -0.4 is 4.90 Å². The summed E-state index contributed by atoms with van der Waals surface area (Å²) >= 11 is 1.84. The third-order valence-electron chi connectivity index (χ3n) is 8.84. The first-order valence-electron chi connectivity index (χ1n) is 14.8. The van der Waals surface area contributed by atoms with Crippen molar-refractivity contribution in [3.8, 4) is 0 Å². The summed E-state index contributed by atoms with van der Waals surface area (Å²) in [4.78, 5) is 2.37. The summed E-state index contributed by atoms with van der Waals surface area (Å²) in [6.45, 7) is 0. The molecule has 0 unspecified atom stereocenters. The van der Waals surface area contributed by atoms with E-state index in [0.29, 0.717) is 0 Å². The van der Waals surface area contributed by atoms with Crippen LogP contribution in [0.15, 0.2) is 148 Å².